The molecular formula is C15H17FN4. The predicted octanol–water partition coefficient (Wildman–Crippen LogP) is 2.87. The number of hydrogen-bond acceptors (Lipinski definition) is 3. The van der Waals surface area contributed by atoms with Crippen molar-refractivity contribution in [2.45, 2.75) is 32.7 Å². The van der Waals surface area contributed by atoms with E-state index >= 15 is 0 Å². The maximum atomic E-state index is 12.9. The lowest BCUT2D eigenvalue weighted by atomic mass is 10.1. The summed E-state index contributed by atoms with van der Waals surface area (Å²) in [7, 11) is 0. The van der Waals surface area contributed by atoms with Crippen LogP contribution < -0.4 is 5.73 Å². The van der Waals surface area contributed by atoms with Crippen LogP contribution in [0.5, 0.6) is 0 Å². The number of unbranched alkanes of at least 4 members (excludes halogenated alkanes) is 1. The van der Waals surface area contributed by atoms with Crippen molar-refractivity contribution in [3.63, 3.8) is 0 Å². The first-order chi connectivity index (χ1) is 9.65. The third kappa shape index (κ3) is 2.97. The molecule has 1 aromatic carbocycles. The van der Waals surface area contributed by atoms with Crippen molar-refractivity contribution in [1.29, 1.82) is 5.26 Å². The molecule has 104 valence electrons. The van der Waals surface area contributed by atoms with Crippen molar-refractivity contribution in [1.82, 2.24) is 9.78 Å². The van der Waals surface area contributed by atoms with Gasteiger partial charge in [-0.25, -0.2) is 9.07 Å². The zero-order valence-corrected chi connectivity index (χ0v) is 11.4. The van der Waals surface area contributed by atoms with Crippen LogP contribution in [-0.2, 0) is 13.0 Å². The number of nitriles is 1. The van der Waals surface area contributed by atoms with E-state index in [4.69, 9.17) is 5.73 Å². The standard InChI is InChI=1S/C15H17FN4/c1-2-3-4-14-13(9-17)15(18)20(19-14)10-11-5-7-12(16)8-6-11/h5-8H,2-4,10,18H2,1H3. The van der Waals surface area contributed by atoms with Gasteiger partial charge in [0.25, 0.3) is 0 Å². The maximum Gasteiger partial charge on any atom is 0.140 e. The van der Waals surface area contributed by atoms with Crippen molar-refractivity contribution < 1.29 is 4.39 Å². The molecule has 4 nitrogen and oxygen atoms in total. The van der Waals surface area contributed by atoms with E-state index < -0.39 is 0 Å². The molecule has 5 heteroatoms. The fraction of sp³-hybridized carbons (Fsp3) is 0.333. The van der Waals surface area contributed by atoms with E-state index in [9.17, 15) is 9.65 Å². The summed E-state index contributed by atoms with van der Waals surface area (Å²) >= 11 is 0. The van der Waals surface area contributed by atoms with E-state index in [0.29, 0.717) is 17.9 Å². The number of rotatable bonds is 5. The van der Waals surface area contributed by atoms with Crippen molar-refractivity contribution in [3.8, 4) is 6.07 Å². The van der Waals surface area contributed by atoms with E-state index in [1.165, 1.54) is 12.1 Å². The number of nitrogen functional groups attached to an aromatic ring is 1. The number of nitrogens with zero attached hydrogens (tertiary/aromatic N) is 3. The highest BCUT2D eigenvalue weighted by molar-refractivity contribution is 5.52. The van der Waals surface area contributed by atoms with Crippen LogP contribution in [0.1, 0.15) is 36.6 Å². The van der Waals surface area contributed by atoms with Crippen LogP contribution in [0.2, 0.25) is 0 Å². The van der Waals surface area contributed by atoms with Crippen LogP contribution in [0.3, 0.4) is 0 Å². The van der Waals surface area contributed by atoms with Gasteiger partial charge in [0.1, 0.15) is 23.3 Å². The molecule has 0 radical (unpaired) electrons. The third-order valence-electron chi connectivity index (χ3n) is 3.19. The Kier molecular flexibility index (Phi) is 4.36. The lowest BCUT2D eigenvalue weighted by molar-refractivity contribution is 0.624. The zero-order valence-electron chi connectivity index (χ0n) is 11.4. The molecular weight excluding hydrogens is 255 g/mol. The molecule has 0 unspecified atom stereocenters. The third-order valence-corrected chi connectivity index (χ3v) is 3.19. The Morgan fingerprint density at radius 1 is 1.35 bits per heavy atom. The molecule has 0 aliphatic carbocycles. The summed E-state index contributed by atoms with van der Waals surface area (Å²) in [5.41, 5.74) is 8.07. The van der Waals surface area contributed by atoms with E-state index in [1.807, 2.05) is 0 Å². The normalized spacial score (nSPS) is 10.4. The minimum absolute atomic E-state index is 0.275. The van der Waals surface area contributed by atoms with Crippen molar-refractivity contribution in [2.24, 2.45) is 0 Å². The number of benzene rings is 1. The first-order valence-corrected chi connectivity index (χ1v) is 6.65. The van der Waals surface area contributed by atoms with Gasteiger partial charge in [-0.05, 0) is 30.5 Å². The molecule has 0 saturated carbocycles. The molecule has 2 aromatic rings. The molecule has 0 amide bonds. The molecule has 0 aliphatic heterocycles. The summed E-state index contributed by atoms with van der Waals surface area (Å²) < 4.78 is 14.5. The molecule has 0 bridgehead atoms. The molecule has 0 saturated heterocycles. The van der Waals surface area contributed by atoms with Crippen LogP contribution in [0, 0.1) is 17.1 Å². The lowest BCUT2D eigenvalue weighted by Gasteiger charge is -2.04. The van der Waals surface area contributed by atoms with E-state index in [-0.39, 0.29) is 5.82 Å². The van der Waals surface area contributed by atoms with Gasteiger partial charge in [0.15, 0.2) is 0 Å². The highest BCUT2D eigenvalue weighted by atomic mass is 19.1. The quantitative estimate of drug-likeness (QED) is 0.910. The monoisotopic (exact) mass is 272 g/mol. The van der Waals surface area contributed by atoms with E-state index in [2.05, 4.69) is 18.1 Å². The smallest absolute Gasteiger partial charge is 0.140 e. The summed E-state index contributed by atoms with van der Waals surface area (Å²) in [6.45, 7) is 2.53. The van der Waals surface area contributed by atoms with Crippen LogP contribution in [-0.4, -0.2) is 9.78 Å². The zero-order chi connectivity index (χ0) is 14.5. The van der Waals surface area contributed by atoms with Gasteiger partial charge in [-0.2, -0.15) is 10.4 Å². The topological polar surface area (TPSA) is 67.6 Å². The van der Waals surface area contributed by atoms with Crippen LogP contribution in [0.25, 0.3) is 0 Å². The largest absolute Gasteiger partial charge is 0.383 e. The number of halogens is 1. The second kappa shape index (κ2) is 6.20. The SMILES string of the molecule is CCCCc1nn(Cc2ccc(F)cc2)c(N)c1C#N. The van der Waals surface area contributed by atoms with E-state index in [1.54, 1.807) is 16.8 Å². The number of anilines is 1. The Balaban J connectivity index is 2.26. The van der Waals surface area contributed by atoms with Crippen LogP contribution in [0.15, 0.2) is 24.3 Å². The van der Waals surface area contributed by atoms with Gasteiger partial charge in [-0.3, -0.25) is 0 Å². The molecule has 2 rings (SSSR count). The van der Waals surface area contributed by atoms with Gasteiger partial charge in [0, 0.05) is 0 Å². The van der Waals surface area contributed by atoms with E-state index in [0.717, 1.165) is 30.5 Å². The fourth-order valence-corrected chi connectivity index (χ4v) is 2.05. The summed E-state index contributed by atoms with van der Waals surface area (Å²) in [5.74, 6) is 0.103. The van der Waals surface area contributed by atoms with Gasteiger partial charge in [-0.15, -0.1) is 0 Å². The summed E-state index contributed by atoms with van der Waals surface area (Å²) in [6.07, 6.45) is 2.76. The van der Waals surface area contributed by atoms with Gasteiger partial charge in [-0.1, -0.05) is 25.5 Å². The average Bonchev–Trinajstić information content (AvgIpc) is 2.75. The van der Waals surface area contributed by atoms with Crippen molar-refractivity contribution in [2.75, 3.05) is 5.73 Å². The molecule has 0 atom stereocenters. The molecule has 1 heterocycles. The second-order valence-electron chi connectivity index (χ2n) is 4.71. The summed E-state index contributed by atoms with van der Waals surface area (Å²) in [4.78, 5) is 0. The van der Waals surface area contributed by atoms with Crippen LogP contribution in [0.4, 0.5) is 10.2 Å². The number of hydrogen-bond donors (Lipinski definition) is 1. The molecule has 0 fully saturated rings. The fourth-order valence-electron chi connectivity index (χ4n) is 2.05. The maximum absolute atomic E-state index is 12.9. The minimum Gasteiger partial charge on any atom is -0.383 e. The van der Waals surface area contributed by atoms with Gasteiger partial charge >= 0.3 is 0 Å². The Labute approximate surface area is 117 Å². The number of aromatic nitrogens is 2. The average molecular weight is 272 g/mol. The molecule has 20 heavy (non-hydrogen) atoms. The second-order valence-corrected chi connectivity index (χ2v) is 4.71. The molecule has 0 aliphatic rings. The predicted molar refractivity (Wildman–Crippen MR) is 75.5 cm³/mol. The highest BCUT2D eigenvalue weighted by Crippen LogP contribution is 2.19. The summed E-state index contributed by atoms with van der Waals surface area (Å²) in [5, 5.41) is 13.6. The van der Waals surface area contributed by atoms with Crippen molar-refractivity contribution >= 4 is 5.82 Å². The van der Waals surface area contributed by atoms with Crippen LogP contribution >= 0.6 is 0 Å². The Morgan fingerprint density at radius 2 is 2.05 bits per heavy atom. The van der Waals surface area contributed by atoms with Gasteiger partial charge in [0.2, 0.25) is 0 Å². The number of aryl methyl sites for hydroxylation is 1. The molecule has 2 N–H and O–H groups in total. The first-order valence-electron chi connectivity index (χ1n) is 6.65. The first kappa shape index (κ1) is 14.1. The minimum atomic E-state index is -0.275. The number of nitrogens with two attached hydrogens (primary N) is 1. The van der Waals surface area contributed by atoms with Gasteiger partial charge < -0.3 is 5.73 Å². The Hall–Kier alpha value is -2.35. The highest BCUT2D eigenvalue weighted by Gasteiger charge is 2.14. The Morgan fingerprint density at radius 3 is 2.65 bits per heavy atom. The Bertz CT molecular complexity index is 623. The van der Waals surface area contributed by atoms with Gasteiger partial charge in [0.05, 0.1) is 12.2 Å². The molecule has 0 spiro atoms. The van der Waals surface area contributed by atoms with Crippen molar-refractivity contribution in [3.05, 3.63) is 46.9 Å². The lowest BCUT2D eigenvalue weighted by Crippen LogP contribution is -2.06. The molecule has 1 aromatic heterocycles. The summed E-state index contributed by atoms with van der Waals surface area (Å²) in [6, 6.07) is 8.30.